The first kappa shape index (κ1) is 21.2. The molecular formula is C19H33IN4. The van der Waals surface area contributed by atoms with Gasteiger partial charge in [0.1, 0.15) is 0 Å². The Balaban J connectivity index is 0.00000288. The summed E-state index contributed by atoms with van der Waals surface area (Å²) in [4.78, 5) is 7.45. The molecule has 0 amide bonds. The van der Waals surface area contributed by atoms with Crippen LogP contribution in [0.15, 0.2) is 35.3 Å². The van der Waals surface area contributed by atoms with Crippen molar-refractivity contribution in [1.29, 1.82) is 0 Å². The number of hydrogen-bond donors (Lipinski definition) is 2. The van der Waals surface area contributed by atoms with E-state index >= 15 is 0 Å². The van der Waals surface area contributed by atoms with Crippen molar-refractivity contribution in [1.82, 2.24) is 15.5 Å². The van der Waals surface area contributed by atoms with E-state index in [1.54, 1.807) is 0 Å². The molecule has 1 aliphatic heterocycles. The number of benzene rings is 1. The molecule has 24 heavy (non-hydrogen) atoms. The van der Waals surface area contributed by atoms with E-state index < -0.39 is 0 Å². The van der Waals surface area contributed by atoms with E-state index in [1.165, 1.54) is 31.5 Å². The van der Waals surface area contributed by atoms with E-state index in [0.717, 1.165) is 25.5 Å². The van der Waals surface area contributed by atoms with E-state index in [0.29, 0.717) is 12.1 Å². The topological polar surface area (TPSA) is 39.7 Å². The van der Waals surface area contributed by atoms with E-state index in [1.807, 2.05) is 0 Å². The summed E-state index contributed by atoms with van der Waals surface area (Å²) in [6.45, 7) is 10.6. The molecule has 1 aromatic carbocycles. The van der Waals surface area contributed by atoms with Crippen molar-refractivity contribution in [2.24, 2.45) is 4.99 Å². The normalized spacial score (nSPS) is 17.9. The van der Waals surface area contributed by atoms with Crippen LogP contribution in [0.2, 0.25) is 0 Å². The fourth-order valence-electron chi connectivity index (χ4n) is 2.99. The Morgan fingerprint density at radius 2 is 1.83 bits per heavy atom. The maximum atomic E-state index is 4.88. The van der Waals surface area contributed by atoms with Gasteiger partial charge >= 0.3 is 0 Å². The zero-order valence-corrected chi connectivity index (χ0v) is 17.6. The van der Waals surface area contributed by atoms with E-state index in [9.17, 15) is 0 Å². The van der Waals surface area contributed by atoms with Crippen molar-refractivity contribution in [3.63, 3.8) is 0 Å². The van der Waals surface area contributed by atoms with E-state index in [2.05, 4.69) is 66.6 Å². The fourth-order valence-corrected chi connectivity index (χ4v) is 2.99. The average molecular weight is 444 g/mol. The van der Waals surface area contributed by atoms with Crippen LogP contribution in [0.5, 0.6) is 0 Å². The lowest BCUT2D eigenvalue weighted by Gasteiger charge is -2.27. The predicted octanol–water partition coefficient (Wildman–Crippen LogP) is 3.80. The minimum atomic E-state index is 0. The summed E-state index contributed by atoms with van der Waals surface area (Å²) >= 11 is 0. The molecule has 1 aromatic rings. The van der Waals surface area contributed by atoms with Gasteiger partial charge < -0.3 is 10.6 Å². The van der Waals surface area contributed by atoms with Crippen LogP contribution >= 0.6 is 24.0 Å². The third-order valence-electron chi connectivity index (χ3n) is 4.53. The molecule has 1 fully saturated rings. The second-order valence-electron chi connectivity index (χ2n) is 6.34. The summed E-state index contributed by atoms with van der Waals surface area (Å²) in [7, 11) is 0. The lowest BCUT2D eigenvalue weighted by Crippen LogP contribution is -2.42. The smallest absolute Gasteiger partial charge is 0.191 e. The number of halogens is 1. The zero-order chi connectivity index (χ0) is 16.5. The number of likely N-dealkylation sites (tertiary alicyclic amines) is 1. The number of aliphatic imine (C=N–C) groups is 1. The Morgan fingerprint density at radius 1 is 1.17 bits per heavy atom. The van der Waals surface area contributed by atoms with Crippen molar-refractivity contribution in [2.75, 3.05) is 26.2 Å². The average Bonchev–Trinajstić information content (AvgIpc) is 3.10. The van der Waals surface area contributed by atoms with Crippen molar-refractivity contribution in [2.45, 2.75) is 52.1 Å². The van der Waals surface area contributed by atoms with Gasteiger partial charge in [0.25, 0.3) is 0 Å². The standard InChI is InChI=1S/C19H32N4.HI/c1-4-16(3)22-19(20-5-2)21-15-18(23-13-9-10-14-23)17-11-7-6-8-12-17;/h6-8,11-12,16,18H,4-5,9-10,13-15H2,1-3H3,(H2,20,21,22);1H. The third kappa shape index (κ3) is 6.59. The Bertz CT molecular complexity index is 472. The molecule has 1 heterocycles. The number of nitrogens with zero attached hydrogens (tertiary/aromatic N) is 2. The number of guanidine groups is 1. The number of nitrogens with one attached hydrogen (secondary N) is 2. The van der Waals surface area contributed by atoms with Gasteiger partial charge in [0, 0.05) is 12.6 Å². The molecule has 0 spiro atoms. The first-order chi connectivity index (χ1) is 11.2. The molecule has 136 valence electrons. The molecule has 2 N–H and O–H groups in total. The zero-order valence-electron chi connectivity index (χ0n) is 15.3. The monoisotopic (exact) mass is 444 g/mol. The molecule has 0 bridgehead atoms. The minimum absolute atomic E-state index is 0. The summed E-state index contributed by atoms with van der Waals surface area (Å²) in [6, 6.07) is 11.6. The second-order valence-corrected chi connectivity index (χ2v) is 6.34. The van der Waals surface area contributed by atoms with Gasteiger partial charge in [-0.1, -0.05) is 37.3 Å². The number of hydrogen-bond acceptors (Lipinski definition) is 2. The molecule has 5 heteroatoms. The van der Waals surface area contributed by atoms with Gasteiger partial charge in [-0.2, -0.15) is 0 Å². The van der Waals surface area contributed by atoms with Crippen molar-refractivity contribution in [3.05, 3.63) is 35.9 Å². The van der Waals surface area contributed by atoms with Crippen LogP contribution in [0.4, 0.5) is 0 Å². The van der Waals surface area contributed by atoms with Crippen LogP contribution in [0.3, 0.4) is 0 Å². The fraction of sp³-hybridized carbons (Fsp3) is 0.632. The van der Waals surface area contributed by atoms with Crippen LogP contribution in [-0.4, -0.2) is 43.1 Å². The maximum Gasteiger partial charge on any atom is 0.191 e. The Morgan fingerprint density at radius 3 is 2.42 bits per heavy atom. The Labute approximate surface area is 164 Å². The molecular weight excluding hydrogens is 411 g/mol. The van der Waals surface area contributed by atoms with Gasteiger partial charge in [0.15, 0.2) is 5.96 Å². The van der Waals surface area contributed by atoms with Crippen LogP contribution in [0.1, 0.15) is 51.6 Å². The maximum absolute atomic E-state index is 4.88. The van der Waals surface area contributed by atoms with Crippen molar-refractivity contribution in [3.8, 4) is 0 Å². The van der Waals surface area contributed by atoms with Crippen molar-refractivity contribution >= 4 is 29.9 Å². The van der Waals surface area contributed by atoms with Gasteiger partial charge in [-0.3, -0.25) is 9.89 Å². The first-order valence-corrected chi connectivity index (χ1v) is 9.08. The predicted molar refractivity (Wildman–Crippen MR) is 114 cm³/mol. The van der Waals surface area contributed by atoms with Gasteiger partial charge in [-0.25, -0.2) is 0 Å². The summed E-state index contributed by atoms with van der Waals surface area (Å²) in [6.07, 6.45) is 3.70. The van der Waals surface area contributed by atoms with Gasteiger partial charge in [-0.15, -0.1) is 24.0 Å². The Hall–Kier alpha value is -0.820. The first-order valence-electron chi connectivity index (χ1n) is 9.08. The lowest BCUT2D eigenvalue weighted by atomic mass is 10.1. The largest absolute Gasteiger partial charge is 0.357 e. The quantitative estimate of drug-likeness (QED) is 0.382. The molecule has 0 radical (unpaired) electrons. The molecule has 2 atom stereocenters. The van der Waals surface area contributed by atoms with Crippen LogP contribution in [0, 0.1) is 0 Å². The SMILES string of the molecule is CCNC(=NCC(c1ccccc1)N1CCCC1)NC(C)CC.I. The van der Waals surface area contributed by atoms with Crippen LogP contribution in [-0.2, 0) is 0 Å². The lowest BCUT2D eigenvalue weighted by molar-refractivity contribution is 0.251. The van der Waals surface area contributed by atoms with E-state index in [4.69, 9.17) is 4.99 Å². The molecule has 2 unspecified atom stereocenters. The van der Waals surface area contributed by atoms with Crippen LogP contribution < -0.4 is 10.6 Å². The highest BCUT2D eigenvalue weighted by Crippen LogP contribution is 2.25. The highest BCUT2D eigenvalue weighted by Gasteiger charge is 2.23. The van der Waals surface area contributed by atoms with Crippen LogP contribution in [0.25, 0.3) is 0 Å². The number of rotatable bonds is 7. The molecule has 4 nitrogen and oxygen atoms in total. The molecule has 0 aliphatic carbocycles. The summed E-state index contributed by atoms with van der Waals surface area (Å²) in [5, 5.41) is 6.85. The highest BCUT2D eigenvalue weighted by atomic mass is 127. The highest BCUT2D eigenvalue weighted by molar-refractivity contribution is 14.0. The van der Waals surface area contributed by atoms with Gasteiger partial charge in [0.2, 0.25) is 0 Å². The summed E-state index contributed by atoms with van der Waals surface area (Å²) in [5.41, 5.74) is 1.37. The molecule has 1 saturated heterocycles. The molecule has 0 aromatic heterocycles. The van der Waals surface area contributed by atoms with Crippen molar-refractivity contribution < 1.29 is 0 Å². The second kappa shape index (κ2) is 11.7. The molecule has 1 aliphatic rings. The summed E-state index contributed by atoms with van der Waals surface area (Å²) in [5.74, 6) is 0.932. The molecule has 0 saturated carbocycles. The molecule has 2 rings (SSSR count). The Kier molecular flexibility index (Phi) is 10.3. The van der Waals surface area contributed by atoms with Gasteiger partial charge in [-0.05, 0) is 51.8 Å². The third-order valence-corrected chi connectivity index (χ3v) is 4.53. The minimum Gasteiger partial charge on any atom is -0.357 e. The summed E-state index contributed by atoms with van der Waals surface area (Å²) < 4.78 is 0. The van der Waals surface area contributed by atoms with E-state index in [-0.39, 0.29) is 24.0 Å². The van der Waals surface area contributed by atoms with Gasteiger partial charge in [0.05, 0.1) is 12.6 Å².